The van der Waals surface area contributed by atoms with Gasteiger partial charge in [-0.3, -0.25) is 9.59 Å². The fourth-order valence-corrected chi connectivity index (χ4v) is 4.91. The first-order chi connectivity index (χ1) is 16.0. The summed E-state index contributed by atoms with van der Waals surface area (Å²) in [4.78, 5) is 28.8. The summed E-state index contributed by atoms with van der Waals surface area (Å²) in [6, 6.07) is 18.3. The molecule has 3 aromatic rings. The van der Waals surface area contributed by atoms with Crippen molar-refractivity contribution in [1.29, 1.82) is 0 Å². The van der Waals surface area contributed by atoms with Crippen molar-refractivity contribution in [3.8, 4) is 11.5 Å². The third-order valence-electron chi connectivity index (χ3n) is 5.35. The Morgan fingerprint density at radius 3 is 2.82 bits per heavy atom. The van der Waals surface area contributed by atoms with Gasteiger partial charge in [0, 0.05) is 29.1 Å². The maximum absolute atomic E-state index is 12.9. The van der Waals surface area contributed by atoms with E-state index in [0.717, 1.165) is 16.0 Å². The highest BCUT2D eigenvalue weighted by molar-refractivity contribution is 8.04. The largest absolute Gasteiger partial charge is 0.454 e. The van der Waals surface area contributed by atoms with E-state index in [2.05, 4.69) is 5.32 Å². The number of benzene rings is 3. The Bertz CT molecular complexity index is 1310. The van der Waals surface area contributed by atoms with E-state index in [9.17, 15) is 9.59 Å². The van der Waals surface area contributed by atoms with Gasteiger partial charge in [-0.15, -0.1) is 0 Å². The summed E-state index contributed by atoms with van der Waals surface area (Å²) < 4.78 is 10.7. The number of carbonyl (C=O) groups is 2. The Hall–Kier alpha value is -3.42. The Morgan fingerprint density at radius 2 is 1.97 bits per heavy atom. The van der Waals surface area contributed by atoms with Gasteiger partial charge in [0.2, 0.25) is 6.79 Å². The lowest BCUT2D eigenvalue weighted by Gasteiger charge is -2.27. The molecular weight excluding hydrogens is 460 g/mol. The molecule has 5 rings (SSSR count). The van der Waals surface area contributed by atoms with Gasteiger partial charge in [-0.2, -0.15) is 0 Å². The number of anilines is 1. The smallest absolute Gasteiger partial charge is 0.264 e. The highest BCUT2D eigenvalue weighted by atomic mass is 35.5. The zero-order chi connectivity index (χ0) is 22.9. The third-order valence-corrected chi connectivity index (χ3v) is 6.67. The van der Waals surface area contributed by atoms with Crippen molar-refractivity contribution in [2.45, 2.75) is 11.4 Å². The van der Waals surface area contributed by atoms with E-state index in [-0.39, 0.29) is 18.6 Å². The van der Waals surface area contributed by atoms with Crippen LogP contribution in [0.5, 0.6) is 11.5 Å². The summed E-state index contributed by atoms with van der Waals surface area (Å²) in [5.74, 6) is 1.02. The van der Waals surface area contributed by atoms with Crippen LogP contribution in [0.3, 0.4) is 0 Å². The molecule has 0 saturated carbocycles. The number of hydrogen-bond donors (Lipinski definition) is 1. The topological polar surface area (TPSA) is 67.9 Å². The number of fused-ring (bicyclic) bond motifs is 2. The fourth-order valence-electron chi connectivity index (χ4n) is 3.62. The molecule has 0 aliphatic carbocycles. The lowest BCUT2D eigenvalue weighted by atomic mass is 10.1. The van der Waals surface area contributed by atoms with Crippen molar-refractivity contribution in [1.82, 2.24) is 5.32 Å². The number of carbonyl (C=O) groups excluding carboxylic acids is 2. The van der Waals surface area contributed by atoms with Crippen LogP contribution >= 0.6 is 23.4 Å². The van der Waals surface area contributed by atoms with Crippen LogP contribution in [-0.2, 0) is 11.3 Å². The Kier molecular flexibility index (Phi) is 5.74. The van der Waals surface area contributed by atoms with Gasteiger partial charge in [-0.1, -0.05) is 41.6 Å². The third kappa shape index (κ3) is 4.42. The van der Waals surface area contributed by atoms with Crippen molar-refractivity contribution < 1.29 is 19.1 Å². The Morgan fingerprint density at radius 1 is 1.12 bits per heavy atom. The van der Waals surface area contributed by atoms with Gasteiger partial charge in [-0.25, -0.2) is 0 Å². The predicted octanol–water partition coefficient (Wildman–Crippen LogP) is 5.11. The standard InChI is InChI=1S/C25H19ClN2O4S/c1-28-19-12-17(24(29)27-13-16-5-7-20-21(10-16)32-14-31-20)6-8-22(19)33-23(25(28)30)11-15-3-2-4-18(26)9-15/h2-12H,13-14H2,1H3,(H,27,29)/b23-11+. The molecule has 2 amide bonds. The average molecular weight is 479 g/mol. The van der Waals surface area contributed by atoms with E-state index < -0.39 is 0 Å². The lowest BCUT2D eigenvalue weighted by Crippen LogP contribution is -2.31. The molecule has 0 atom stereocenters. The first kappa shape index (κ1) is 21.4. The molecule has 8 heteroatoms. The van der Waals surface area contributed by atoms with Crippen LogP contribution in [0.1, 0.15) is 21.5 Å². The van der Waals surface area contributed by atoms with Gasteiger partial charge in [-0.05, 0) is 59.7 Å². The maximum Gasteiger partial charge on any atom is 0.264 e. The number of rotatable bonds is 4. The molecule has 0 fully saturated rings. The highest BCUT2D eigenvalue weighted by Crippen LogP contribution is 2.42. The van der Waals surface area contributed by atoms with E-state index in [4.69, 9.17) is 21.1 Å². The number of halogens is 1. The van der Waals surface area contributed by atoms with E-state index in [1.54, 1.807) is 30.1 Å². The zero-order valence-electron chi connectivity index (χ0n) is 17.6. The molecule has 33 heavy (non-hydrogen) atoms. The van der Waals surface area contributed by atoms with E-state index in [1.165, 1.54) is 11.8 Å². The van der Waals surface area contributed by atoms with Gasteiger partial charge in [0.25, 0.3) is 11.8 Å². The van der Waals surface area contributed by atoms with Crippen molar-refractivity contribution in [3.63, 3.8) is 0 Å². The lowest BCUT2D eigenvalue weighted by molar-refractivity contribution is -0.114. The SMILES string of the molecule is CN1C(=O)/C(=C\c2cccc(Cl)c2)Sc2ccc(C(=O)NCc3ccc4c(c3)OCO4)cc21. The van der Waals surface area contributed by atoms with Gasteiger partial charge < -0.3 is 19.7 Å². The van der Waals surface area contributed by atoms with Gasteiger partial charge in [0.15, 0.2) is 11.5 Å². The number of amides is 2. The molecule has 2 aliphatic heterocycles. The number of nitrogens with zero attached hydrogens (tertiary/aromatic N) is 1. The van der Waals surface area contributed by atoms with Crippen LogP contribution in [-0.4, -0.2) is 25.7 Å². The molecule has 0 saturated heterocycles. The summed E-state index contributed by atoms with van der Waals surface area (Å²) in [5, 5.41) is 3.53. The van der Waals surface area contributed by atoms with Crippen molar-refractivity contribution >= 4 is 46.9 Å². The Labute approximate surface area is 200 Å². The molecule has 0 radical (unpaired) electrons. The van der Waals surface area contributed by atoms with Crippen LogP contribution in [0.25, 0.3) is 6.08 Å². The second-order valence-electron chi connectivity index (χ2n) is 7.58. The predicted molar refractivity (Wildman–Crippen MR) is 129 cm³/mol. The number of thioether (sulfide) groups is 1. The molecular formula is C25H19ClN2O4S. The summed E-state index contributed by atoms with van der Waals surface area (Å²) in [5.41, 5.74) is 2.94. The minimum absolute atomic E-state index is 0.134. The summed E-state index contributed by atoms with van der Waals surface area (Å²) in [7, 11) is 1.71. The van der Waals surface area contributed by atoms with Crippen LogP contribution in [0.2, 0.25) is 5.02 Å². The number of nitrogens with one attached hydrogen (secondary N) is 1. The Balaban J connectivity index is 1.32. The van der Waals surface area contributed by atoms with E-state index in [1.807, 2.05) is 48.5 Å². The molecule has 166 valence electrons. The van der Waals surface area contributed by atoms with Gasteiger partial charge in [0.1, 0.15) is 0 Å². The first-order valence-electron chi connectivity index (χ1n) is 10.2. The van der Waals surface area contributed by atoms with E-state index in [0.29, 0.717) is 39.2 Å². The molecule has 0 spiro atoms. The molecule has 6 nitrogen and oxygen atoms in total. The average Bonchev–Trinajstić information content (AvgIpc) is 3.29. The number of hydrogen-bond acceptors (Lipinski definition) is 5. The second kappa shape index (κ2) is 8.84. The monoisotopic (exact) mass is 478 g/mol. The zero-order valence-corrected chi connectivity index (χ0v) is 19.2. The summed E-state index contributed by atoms with van der Waals surface area (Å²) in [6.07, 6.45) is 1.82. The first-order valence-corrected chi connectivity index (χ1v) is 11.4. The second-order valence-corrected chi connectivity index (χ2v) is 9.10. The van der Waals surface area contributed by atoms with Crippen LogP contribution in [0.4, 0.5) is 5.69 Å². The fraction of sp³-hybridized carbons (Fsp3) is 0.120. The van der Waals surface area contributed by atoms with Gasteiger partial charge in [0.05, 0.1) is 10.6 Å². The molecule has 2 aliphatic rings. The molecule has 0 bridgehead atoms. The number of likely N-dealkylation sites (N-methyl/N-ethyl adjacent to an activating group) is 1. The van der Waals surface area contributed by atoms with Crippen molar-refractivity contribution in [2.24, 2.45) is 0 Å². The molecule has 0 aromatic heterocycles. The molecule has 0 unspecified atom stereocenters. The van der Waals surface area contributed by atoms with Crippen LogP contribution < -0.4 is 19.7 Å². The minimum Gasteiger partial charge on any atom is -0.454 e. The molecule has 2 heterocycles. The quantitative estimate of drug-likeness (QED) is 0.528. The maximum atomic E-state index is 12.9. The van der Waals surface area contributed by atoms with Crippen LogP contribution in [0, 0.1) is 0 Å². The summed E-state index contributed by atoms with van der Waals surface area (Å²) >= 11 is 7.45. The minimum atomic E-state index is -0.221. The van der Waals surface area contributed by atoms with Gasteiger partial charge >= 0.3 is 0 Å². The molecule has 1 N–H and O–H groups in total. The van der Waals surface area contributed by atoms with Crippen LogP contribution in [0.15, 0.2) is 70.5 Å². The normalized spacial score (nSPS) is 15.5. The summed E-state index contributed by atoms with van der Waals surface area (Å²) in [6.45, 7) is 0.559. The number of ether oxygens (including phenoxy) is 2. The van der Waals surface area contributed by atoms with Crippen molar-refractivity contribution in [3.05, 3.63) is 87.3 Å². The van der Waals surface area contributed by atoms with Crippen molar-refractivity contribution in [2.75, 3.05) is 18.7 Å². The highest BCUT2D eigenvalue weighted by Gasteiger charge is 2.27. The molecule has 3 aromatic carbocycles. The van der Waals surface area contributed by atoms with E-state index >= 15 is 0 Å².